The molecule has 0 aliphatic carbocycles. The van der Waals surface area contributed by atoms with Gasteiger partial charge in [-0.25, -0.2) is 4.98 Å². The molecule has 0 aromatic carbocycles. The van der Waals surface area contributed by atoms with Gasteiger partial charge in [0.25, 0.3) is 0 Å². The van der Waals surface area contributed by atoms with Crippen LogP contribution < -0.4 is 5.32 Å². The van der Waals surface area contributed by atoms with Gasteiger partial charge in [-0.15, -0.1) is 0 Å². The van der Waals surface area contributed by atoms with E-state index in [-0.39, 0.29) is 5.54 Å². The van der Waals surface area contributed by atoms with Gasteiger partial charge in [-0.05, 0) is 33.9 Å². The highest BCUT2D eigenvalue weighted by molar-refractivity contribution is 5.43. The van der Waals surface area contributed by atoms with Crippen LogP contribution in [0.1, 0.15) is 26.3 Å². The molecule has 106 valence electrons. The summed E-state index contributed by atoms with van der Waals surface area (Å²) in [5.41, 5.74) is 1.54. The first-order valence-corrected chi connectivity index (χ1v) is 7.14. The van der Waals surface area contributed by atoms with E-state index >= 15 is 0 Å². The molecule has 1 aliphatic heterocycles. The second-order valence-corrected chi connectivity index (χ2v) is 5.99. The molecule has 0 atom stereocenters. The zero-order valence-electron chi connectivity index (χ0n) is 12.6. The van der Waals surface area contributed by atoms with Crippen molar-refractivity contribution in [1.82, 2.24) is 14.8 Å². The van der Waals surface area contributed by atoms with Gasteiger partial charge in [0.2, 0.25) is 0 Å². The van der Waals surface area contributed by atoms with Gasteiger partial charge in [0.15, 0.2) is 0 Å². The SMILES string of the molecule is CCNc1ncccc1CN1CCN(C)C(C)(C)C1. The molecule has 0 radical (unpaired) electrons. The van der Waals surface area contributed by atoms with Crippen LogP contribution in [0, 0.1) is 0 Å². The summed E-state index contributed by atoms with van der Waals surface area (Å²) in [6.07, 6.45) is 1.86. The fourth-order valence-corrected chi connectivity index (χ4v) is 2.61. The summed E-state index contributed by atoms with van der Waals surface area (Å²) >= 11 is 0. The molecule has 1 saturated heterocycles. The fourth-order valence-electron chi connectivity index (χ4n) is 2.61. The predicted octanol–water partition coefficient (Wildman–Crippen LogP) is 2.04. The Hall–Kier alpha value is -1.13. The molecule has 2 heterocycles. The summed E-state index contributed by atoms with van der Waals surface area (Å²) in [6.45, 7) is 12.0. The Bertz CT molecular complexity index is 416. The predicted molar refractivity (Wildman–Crippen MR) is 80.4 cm³/mol. The van der Waals surface area contributed by atoms with Crippen LogP contribution in [0.25, 0.3) is 0 Å². The molecular formula is C15H26N4. The number of hydrogen-bond donors (Lipinski definition) is 1. The van der Waals surface area contributed by atoms with Crippen molar-refractivity contribution in [1.29, 1.82) is 0 Å². The van der Waals surface area contributed by atoms with Gasteiger partial charge in [0, 0.05) is 50.0 Å². The van der Waals surface area contributed by atoms with Crippen LogP contribution in [0.2, 0.25) is 0 Å². The van der Waals surface area contributed by atoms with Crippen molar-refractivity contribution in [3.05, 3.63) is 23.9 Å². The third-order valence-corrected chi connectivity index (χ3v) is 4.02. The van der Waals surface area contributed by atoms with Gasteiger partial charge in [0.1, 0.15) is 5.82 Å². The minimum absolute atomic E-state index is 0.249. The summed E-state index contributed by atoms with van der Waals surface area (Å²) in [5.74, 6) is 1.03. The summed E-state index contributed by atoms with van der Waals surface area (Å²) < 4.78 is 0. The number of pyridine rings is 1. The second kappa shape index (κ2) is 5.88. The molecule has 0 saturated carbocycles. The van der Waals surface area contributed by atoms with Crippen LogP contribution in [-0.4, -0.2) is 53.5 Å². The lowest BCUT2D eigenvalue weighted by molar-refractivity contribution is 0.0360. The highest BCUT2D eigenvalue weighted by Crippen LogP contribution is 2.22. The molecule has 2 rings (SSSR count). The van der Waals surface area contributed by atoms with Crippen molar-refractivity contribution in [2.45, 2.75) is 32.9 Å². The molecule has 4 heteroatoms. The largest absolute Gasteiger partial charge is 0.370 e. The van der Waals surface area contributed by atoms with Gasteiger partial charge in [0.05, 0.1) is 0 Å². The van der Waals surface area contributed by atoms with Crippen molar-refractivity contribution in [3.63, 3.8) is 0 Å². The molecular weight excluding hydrogens is 236 g/mol. The van der Waals surface area contributed by atoms with Crippen LogP contribution in [0.15, 0.2) is 18.3 Å². The molecule has 19 heavy (non-hydrogen) atoms. The Labute approximate surface area is 116 Å². The first-order chi connectivity index (χ1) is 9.03. The van der Waals surface area contributed by atoms with E-state index in [0.29, 0.717) is 0 Å². The summed E-state index contributed by atoms with van der Waals surface area (Å²) in [5, 5.41) is 3.35. The summed E-state index contributed by atoms with van der Waals surface area (Å²) in [6, 6.07) is 4.20. The number of likely N-dealkylation sites (N-methyl/N-ethyl adjacent to an activating group) is 1. The van der Waals surface area contributed by atoms with Crippen molar-refractivity contribution in [3.8, 4) is 0 Å². The van der Waals surface area contributed by atoms with Crippen LogP contribution in [0.3, 0.4) is 0 Å². The molecule has 1 N–H and O–H groups in total. The monoisotopic (exact) mass is 262 g/mol. The molecule has 1 fully saturated rings. The van der Waals surface area contributed by atoms with E-state index in [1.807, 2.05) is 12.3 Å². The second-order valence-electron chi connectivity index (χ2n) is 5.99. The van der Waals surface area contributed by atoms with E-state index in [4.69, 9.17) is 0 Å². The standard InChI is InChI=1S/C15H26N4/c1-5-16-14-13(7-6-8-17-14)11-19-10-9-18(4)15(2,3)12-19/h6-8H,5,9-12H2,1-4H3,(H,16,17). The van der Waals surface area contributed by atoms with Gasteiger partial charge in [-0.1, -0.05) is 6.07 Å². The molecule has 0 spiro atoms. The number of rotatable bonds is 4. The zero-order chi connectivity index (χ0) is 13.9. The highest BCUT2D eigenvalue weighted by atomic mass is 15.3. The topological polar surface area (TPSA) is 31.4 Å². The Balaban J connectivity index is 2.05. The molecule has 1 aromatic heterocycles. The van der Waals surface area contributed by atoms with E-state index in [9.17, 15) is 0 Å². The fraction of sp³-hybridized carbons (Fsp3) is 0.667. The van der Waals surface area contributed by atoms with Gasteiger partial charge in [-0.2, -0.15) is 0 Å². The van der Waals surface area contributed by atoms with Gasteiger partial charge in [-0.3, -0.25) is 9.80 Å². The van der Waals surface area contributed by atoms with E-state index in [1.54, 1.807) is 0 Å². The third kappa shape index (κ3) is 3.45. The Morgan fingerprint density at radius 1 is 1.37 bits per heavy atom. The lowest BCUT2D eigenvalue weighted by Crippen LogP contribution is -2.57. The number of anilines is 1. The van der Waals surface area contributed by atoms with E-state index in [0.717, 1.165) is 38.5 Å². The normalized spacial score (nSPS) is 20.4. The lowest BCUT2D eigenvalue weighted by Gasteiger charge is -2.45. The van der Waals surface area contributed by atoms with Crippen LogP contribution in [-0.2, 0) is 6.54 Å². The number of nitrogens with one attached hydrogen (secondary N) is 1. The molecule has 0 bridgehead atoms. The maximum Gasteiger partial charge on any atom is 0.130 e. The van der Waals surface area contributed by atoms with Crippen molar-refractivity contribution in [2.75, 3.05) is 38.5 Å². The Morgan fingerprint density at radius 3 is 2.84 bits per heavy atom. The molecule has 0 amide bonds. The maximum absolute atomic E-state index is 4.44. The Morgan fingerprint density at radius 2 is 2.16 bits per heavy atom. The van der Waals surface area contributed by atoms with Crippen LogP contribution in [0.5, 0.6) is 0 Å². The number of hydrogen-bond acceptors (Lipinski definition) is 4. The average Bonchev–Trinajstić information content (AvgIpc) is 2.36. The lowest BCUT2D eigenvalue weighted by atomic mass is 9.99. The van der Waals surface area contributed by atoms with E-state index in [1.165, 1.54) is 5.56 Å². The molecule has 1 aliphatic rings. The van der Waals surface area contributed by atoms with Crippen molar-refractivity contribution in [2.24, 2.45) is 0 Å². The van der Waals surface area contributed by atoms with Gasteiger partial charge >= 0.3 is 0 Å². The van der Waals surface area contributed by atoms with E-state index < -0.39 is 0 Å². The summed E-state index contributed by atoms with van der Waals surface area (Å²) in [4.78, 5) is 9.41. The number of nitrogens with zero attached hydrogens (tertiary/aromatic N) is 3. The minimum atomic E-state index is 0.249. The van der Waals surface area contributed by atoms with Gasteiger partial charge < -0.3 is 5.32 Å². The average molecular weight is 262 g/mol. The molecule has 1 aromatic rings. The van der Waals surface area contributed by atoms with E-state index in [2.05, 4.69) is 54.0 Å². The van der Waals surface area contributed by atoms with Crippen LogP contribution in [0.4, 0.5) is 5.82 Å². The van der Waals surface area contributed by atoms with Crippen molar-refractivity contribution < 1.29 is 0 Å². The molecule has 0 unspecified atom stereocenters. The molecule has 4 nitrogen and oxygen atoms in total. The number of aromatic nitrogens is 1. The highest BCUT2D eigenvalue weighted by Gasteiger charge is 2.31. The third-order valence-electron chi connectivity index (χ3n) is 4.02. The minimum Gasteiger partial charge on any atom is -0.370 e. The first-order valence-electron chi connectivity index (χ1n) is 7.14. The van der Waals surface area contributed by atoms with Crippen molar-refractivity contribution >= 4 is 5.82 Å². The number of piperazine rings is 1. The smallest absolute Gasteiger partial charge is 0.130 e. The summed E-state index contributed by atoms with van der Waals surface area (Å²) in [7, 11) is 2.21. The first kappa shape index (κ1) is 14.3. The maximum atomic E-state index is 4.44. The zero-order valence-corrected chi connectivity index (χ0v) is 12.6. The van der Waals surface area contributed by atoms with Crippen LogP contribution >= 0.6 is 0 Å². The Kier molecular flexibility index (Phi) is 4.42. The quantitative estimate of drug-likeness (QED) is 0.900.